The maximum Gasteiger partial charge on any atom is 0.472 e. The lowest BCUT2D eigenvalue weighted by atomic mass is 10.1. The summed E-state index contributed by atoms with van der Waals surface area (Å²) in [5, 5.41) is 21.9. The third-order valence-electron chi connectivity index (χ3n) is 10.2. The summed E-state index contributed by atoms with van der Waals surface area (Å²) in [5.74, 6) is -2.41. The number of aliphatic hydroxyl groups is 1. The highest BCUT2D eigenvalue weighted by Gasteiger charge is 2.28. The standard InChI is InChI=1S/C51H88NO10P/c1-3-5-7-9-11-13-15-17-19-21-23-24-25-26-28-30-32-34-36-38-40-42-49(54)52-48(51(56)57)46-62-63(58,59)61-45-47(53)44-60-50(55)43-41-39-37-35-33-31-29-27-22-20-18-16-14-12-10-8-6-4-2/h11,13-14,16-17,19-20,22-24,26,28,47-48,53H,3-10,12,15,18,21,25,27,29-46H2,1-2H3,(H,52,54)(H,56,57)(H,58,59)/b13-11-,16-14-,19-17-,22-20-,24-23-,28-26-. The van der Waals surface area contributed by atoms with Gasteiger partial charge in [-0.15, -0.1) is 0 Å². The van der Waals surface area contributed by atoms with Crippen LogP contribution in [0.15, 0.2) is 72.9 Å². The van der Waals surface area contributed by atoms with Crippen LogP contribution >= 0.6 is 7.82 Å². The lowest BCUT2D eigenvalue weighted by Crippen LogP contribution is -2.43. The Morgan fingerprint density at radius 3 is 1.33 bits per heavy atom. The first-order chi connectivity index (χ1) is 30.6. The number of aliphatic carboxylic acids is 1. The van der Waals surface area contributed by atoms with Gasteiger partial charge in [0.25, 0.3) is 0 Å². The Labute approximate surface area is 382 Å². The number of phosphoric ester groups is 1. The molecule has 0 heterocycles. The molecule has 3 atom stereocenters. The molecule has 362 valence electrons. The maximum atomic E-state index is 12.4. The molecule has 0 saturated heterocycles. The second kappa shape index (κ2) is 45.5. The topological polar surface area (TPSA) is 169 Å². The second-order valence-electron chi connectivity index (χ2n) is 16.3. The number of carbonyl (C=O) groups excluding carboxylic acids is 2. The van der Waals surface area contributed by atoms with Crippen molar-refractivity contribution in [2.45, 2.75) is 212 Å². The van der Waals surface area contributed by atoms with Gasteiger partial charge in [-0.3, -0.25) is 18.6 Å². The van der Waals surface area contributed by atoms with Crippen molar-refractivity contribution in [3.63, 3.8) is 0 Å². The SMILES string of the molecule is CCCCC/C=C\C/C=C\C/C=C\C/C=C\CCCCCCCC(=O)NC(COP(=O)(O)OCC(O)COC(=O)CCCCCCCCC/C=C\C/C=C\CCCCCC)C(=O)O. The summed E-state index contributed by atoms with van der Waals surface area (Å²) < 4.78 is 26.9. The van der Waals surface area contributed by atoms with Crippen LogP contribution in [0.1, 0.15) is 200 Å². The number of rotatable bonds is 45. The molecule has 0 aliphatic carbocycles. The third kappa shape index (κ3) is 45.3. The molecule has 0 radical (unpaired) electrons. The Kier molecular flexibility index (Phi) is 43.3. The number of hydrogen-bond donors (Lipinski definition) is 4. The van der Waals surface area contributed by atoms with Gasteiger partial charge in [0.1, 0.15) is 12.7 Å². The minimum absolute atomic E-state index is 0.120. The van der Waals surface area contributed by atoms with Crippen molar-refractivity contribution >= 4 is 25.7 Å². The van der Waals surface area contributed by atoms with Crippen LogP contribution in [0.25, 0.3) is 0 Å². The molecule has 0 rings (SSSR count). The lowest BCUT2D eigenvalue weighted by Gasteiger charge is -2.18. The monoisotopic (exact) mass is 906 g/mol. The molecule has 4 N–H and O–H groups in total. The van der Waals surface area contributed by atoms with Gasteiger partial charge in [-0.05, 0) is 89.9 Å². The van der Waals surface area contributed by atoms with Crippen LogP contribution in [-0.2, 0) is 32.7 Å². The first-order valence-electron chi connectivity index (χ1n) is 24.5. The van der Waals surface area contributed by atoms with Gasteiger partial charge in [0.05, 0.1) is 13.2 Å². The quantitative estimate of drug-likeness (QED) is 0.0200. The summed E-state index contributed by atoms with van der Waals surface area (Å²) in [7, 11) is -4.77. The minimum Gasteiger partial charge on any atom is -0.480 e. The fourth-order valence-corrected chi connectivity index (χ4v) is 7.16. The van der Waals surface area contributed by atoms with Gasteiger partial charge < -0.3 is 25.2 Å². The number of esters is 1. The molecule has 11 nitrogen and oxygen atoms in total. The Morgan fingerprint density at radius 2 is 0.873 bits per heavy atom. The minimum atomic E-state index is -4.77. The Hall–Kier alpha value is -3.08. The number of hydrogen-bond acceptors (Lipinski definition) is 8. The number of allylic oxidation sites excluding steroid dienone is 12. The van der Waals surface area contributed by atoms with Gasteiger partial charge in [-0.1, -0.05) is 170 Å². The second-order valence-corrected chi connectivity index (χ2v) is 17.7. The average Bonchev–Trinajstić information content (AvgIpc) is 3.26. The van der Waals surface area contributed by atoms with E-state index in [1.54, 1.807) is 0 Å². The largest absolute Gasteiger partial charge is 0.480 e. The highest BCUT2D eigenvalue weighted by molar-refractivity contribution is 7.47. The number of carbonyl (C=O) groups is 3. The third-order valence-corrected chi connectivity index (χ3v) is 11.2. The van der Waals surface area contributed by atoms with Crippen molar-refractivity contribution in [3.05, 3.63) is 72.9 Å². The number of carboxylic acid groups (broad SMARTS) is 1. The zero-order valence-corrected chi connectivity index (χ0v) is 40.3. The van der Waals surface area contributed by atoms with Crippen molar-refractivity contribution in [2.75, 3.05) is 19.8 Å². The number of amides is 1. The summed E-state index contributed by atoms with van der Waals surface area (Å²) in [6, 6.07) is -1.56. The van der Waals surface area contributed by atoms with Crippen LogP contribution in [0.3, 0.4) is 0 Å². The molecular weight excluding hydrogens is 818 g/mol. The van der Waals surface area contributed by atoms with Crippen LogP contribution in [0.5, 0.6) is 0 Å². The van der Waals surface area contributed by atoms with Crippen molar-refractivity contribution in [1.29, 1.82) is 0 Å². The predicted octanol–water partition coefficient (Wildman–Crippen LogP) is 13.3. The van der Waals surface area contributed by atoms with E-state index in [0.717, 1.165) is 83.5 Å². The molecule has 0 spiro atoms. The number of nitrogens with one attached hydrogen (secondary N) is 1. The predicted molar refractivity (Wildman–Crippen MR) is 258 cm³/mol. The number of aliphatic hydroxyl groups excluding tert-OH is 1. The van der Waals surface area contributed by atoms with Gasteiger partial charge in [-0.2, -0.15) is 0 Å². The first kappa shape index (κ1) is 59.9. The van der Waals surface area contributed by atoms with E-state index in [9.17, 15) is 34.1 Å². The molecule has 0 aromatic carbocycles. The van der Waals surface area contributed by atoms with Crippen LogP contribution < -0.4 is 5.32 Å². The fourth-order valence-electron chi connectivity index (χ4n) is 6.39. The van der Waals surface area contributed by atoms with E-state index in [1.807, 2.05) is 0 Å². The lowest BCUT2D eigenvalue weighted by molar-refractivity contribution is -0.147. The highest BCUT2D eigenvalue weighted by Crippen LogP contribution is 2.43. The van der Waals surface area contributed by atoms with Crippen molar-refractivity contribution in [2.24, 2.45) is 0 Å². The van der Waals surface area contributed by atoms with Gasteiger partial charge in [0, 0.05) is 12.8 Å². The molecule has 0 fully saturated rings. The van der Waals surface area contributed by atoms with E-state index >= 15 is 0 Å². The molecule has 0 saturated carbocycles. The van der Waals surface area contributed by atoms with E-state index in [-0.39, 0.29) is 12.8 Å². The zero-order valence-electron chi connectivity index (χ0n) is 39.4. The molecule has 1 amide bonds. The van der Waals surface area contributed by atoms with Crippen LogP contribution in [0, 0.1) is 0 Å². The van der Waals surface area contributed by atoms with Crippen molar-refractivity contribution < 1.29 is 47.8 Å². The van der Waals surface area contributed by atoms with Crippen LogP contribution in [-0.4, -0.2) is 64.9 Å². The summed E-state index contributed by atoms with van der Waals surface area (Å²) in [6.07, 6.45) is 54.8. The summed E-state index contributed by atoms with van der Waals surface area (Å²) in [5.41, 5.74) is 0. The zero-order chi connectivity index (χ0) is 46.3. The van der Waals surface area contributed by atoms with Crippen LogP contribution in [0.2, 0.25) is 0 Å². The first-order valence-corrected chi connectivity index (χ1v) is 26.0. The molecule has 0 aromatic rings. The summed E-state index contributed by atoms with van der Waals surface area (Å²) >= 11 is 0. The number of ether oxygens (including phenoxy) is 1. The molecule has 0 aromatic heterocycles. The summed E-state index contributed by atoms with van der Waals surface area (Å²) in [6.45, 7) is 2.53. The van der Waals surface area contributed by atoms with E-state index in [1.165, 1.54) is 77.0 Å². The average molecular weight is 906 g/mol. The van der Waals surface area contributed by atoms with E-state index in [0.29, 0.717) is 12.8 Å². The van der Waals surface area contributed by atoms with E-state index in [4.69, 9.17) is 13.8 Å². The Bertz CT molecular complexity index is 1340. The molecule has 63 heavy (non-hydrogen) atoms. The molecular formula is C51H88NO10P. The molecule has 3 unspecified atom stereocenters. The number of unbranched alkanes of at least 4 members (excludes halogenated alkanes) is 19. The number of carboxylic acids is 1. The fraction of sp³-hybridized carbons (Fsp3) is 0.706. The highest BCUT2D eigenvalue weighted by atomic mass is 31.2. The maximum absolute atomic E-state index is 12.4. The Morgan fingerprint density at radius 1 is 0.508 bits per heavy atom. The van der Waals surface area contributed by atoms with Gasteiger partial charge >= 0.3 is 19.8 Å². The van der Waals surface area contributed by atoms with Gasteiger partial charge in [0.2, 0.25) is 5.91 Å². The molecule has 0 aliphatic heterocycles. The smallest absolute Gasteiger partial charge is 0.472 e. The molecule has 0 bridgehead atoms. The normalized spacial score (nSPS) is 14.2. The van der Waals surface area contributed by atoms with Crippen LogP contribution in [0.4, 0.5) is 0 Å². The van der Waals surface area contributed by atoms with Crippen molar-refractivity contribution in [3.8, 4) is 0 Å². The summed E-state index contributed by atoms with van der Waals surface area (Å²) in [4.78, 5) is 46.1. The van der Waals surface area contributed by atoms with E-state index < -0.39 is 57.6 Å². The molecule has 12 heteroatoms. The van der Waals surface area contributed by atoms with Gasteiger partial charge in [-0.25, -0.2) is 9.36 Å². The molecule has 0 aliphatic rings. The Balaban J connectivity index is 3.92. The van der Waals surface area contributed by atoms with E-state index in [2.05, 4.69) is 92.1 Å². The number of phosphoric acid groups is 1. The van der Waals surface area contributed by atoms with Gasteiger partial charge in [0.15, 0.2) is 6.04 Å². The van der Waals surface area contributed by atoms with Crippen molar-refractivity contribution in [1.82, 2.24) is 5.32 Å².